The molecule has 2 atom stereocenters. The lowest BCUT2D eigenvalue weighted by atomic mass is 9.78. The van der Waals surface area contributed by atoms with Crippen molar-refractivity contribution in [1.82, 2.24) is 55.7 Å². The molecular formula is C46H53FN14S2. The van der Waals surface area contributed by atoms with E-state index >= 15 is 4.39 Å². The molecule has 1 aliphatic rings. The van der Waals surface area contributed by atoms with Crippen LogP contribution < -0.4 is 21.3 Å². The monoisotopic (exact) mass is 884 g/mol. The zero-order chi connectivity index (χ0) is 44.1. The maximum atomic E-state index is 15.6. The second-order valence-electron chi connectivity index (χ2n) is 18.4. The van der Waals surface area contributed by atoms with E-state index in [-0.39, 0.29) is 23.2 Å². The van der Waals surface area contributed by atoms with Crippen LogP contribution in [-0.4, -0.2) is 85.6 Å². The maximum absolute atomic E-state index is 15.6. The number of aryl methyl sites for hydroxylation is 1. The molecule has 1 fully saturated rings. The molecule has 1 saturated heterocycles. The summed E-state index contributed by atoms with van der Waals surface area (Å²) in [5.74, 6) is 1.03. The maximum Gasteiger partial charge on any atom is 0.151 e. The quantitative estimate of drug-likeness (QED) is 0.0816. The molecule has 0 aliphatic carbocycles. The Hall–Kier alpha value is -5.75. The molecule has 0 spiro atoms. The summed E-state index contributed by atoms with van der Waals surface area (Å²) in [6.07, 6.45) is 11.4. The van der Waals surface area contributed by atoms with Crippen LogP contribution >= 0.6 is 22.7 Å². The van der Waals surface area contributed by atoms with E-state index in [0.717, 1.165) is 68.8 Å². The van der Waals surface area contributed by atoms with Crippen LogP contribution in [0.5, 0.6) is 0 Å². The van der Waals surface area contributed by atoms with E-state index in [2.05, 4.69) is 112 Å². The molecule has 0 saturated carbocycles. The first kappa shape index (κ1) is 42.5. The predicted molar refractivity (Wildman–Crippen MR) is 252 cm³/mol. The molecule has 0 amide bonds. The van der Waals surface area contributed by atoms with Crippen LogP contribution in [0.2, 0.25) is 0 Å². The number of halogens is 1. The molecule has 17 heteroatoms. The van der Waals surface area contributed by atoms with E-state index in [4.69, 9.17) is 20.9 Å². The number of nitrogens with two attached hydrogens (primary N) is 1. The highest BCUT2D eigenvalue weighted by Gasteiger charge is 2.42. The first-order chi connectivity index (χ1) is 30.2. The number of fused-ring (bicyclic) bond motifs is 2. The molecule has 0 bridgehead atoms. The molecule has 0 unspecified atom stereocenters. The summed E-state index contributed by atoms with van der Waals surface area (Å²) >= 11 is 3.05. The number of anilines is 2. The van der Waals surface area contributed by atoms with E-state index in [1.165, 1.54) is 17.4 Å². The Morgan fingerprint density at radius 2 is 1.60 bits per heavy atom. The molecule has 8 aromatic rings. The van der Waals surface area contributed by atoms with Gasteiger partial charge >= 0.3 is 0 Å². The van der Waals surface area contributed by atoms with Crippen molar-refractivity contribution in [3.05, 3.63) is 84.1 Å². The SMILES string of the molecule is CCC[C@](N)(C[C@@H](C)Nc1ccc(-c2cc(F)c(-c3cn[nH]c3)c3ncsc23)nn1)CN(c1ccc(-c2ccc(-c3cnn(C)c3)c3ncsc23)nn1)C1CC(C)(C)NC(C)(C)C1. The van der Waals surface area contributed by atoms with Crippen molar-refractivity contribution in [3.8, 4) is 44.8 Å². The van der Waals surface area contributed by atoms with Crippen LogP contribution in [0.3, 0.4) is 0 Å². The molecule has 63 heavy (non-hydrogen) atoms. The summed E-state index contributed by atoms with van der Waals surface area (Å²) in [5.41, 5.74) is 18.0. The van der Waals surface area contributed by atoms with Crippen LogP contribution in [-0.2, 0) is 7.05 Å². The Balaban J connectivity index is 0.966. The zero-order valence-electron chi connectivity index (χ0n) is 36.6. The molecule has 5 N–H and O–H groups in total. The van der Waals surface area contributed by atoms with Gasteiger partial charge in [-0.15, -0.1) is 43.1 Å². The summed E-state index contributed by atoms with van der Waals surface area (Å²) in [6, 6.07) is 13.8. The number of H-pyrrole nitrogens is 1. The van der Waals surface area contributed by atoms with Crippen LogP contribution in [0.1, 0.15) is 73.6 Å². The van der Waals surface area contributed by atoms with Gasteiger partial charge in [-0.05, 0) is 90.6 Å². The van der Waals surface area contributed by atoms with Crippen LogP contribution in [0.15, 0.2) is 78.3 Å². The number of thiazole rings is 2. The average Bonchev–Trinajstić information content (AvgIpc) is 4.08. The second kappa shape index (κ2) is 16.7. The number of nitrogens with one attached hydrogen (secondary N) is 3. The van der Waals surface area contributed by atoms with Crippen LogP contribution in [0, 0.1) is 5.82 Å². The Kier molecular flexibility index (Phi) is 11.3. The van der Waals surface area contributed by atoms with E-state index in [1.807, 2.05) is 37.1 Å². The second-order valence-corrected chi connectivity index (χ2v) is 20.1. The van der Waals surface area contributed by atoms with Gasteiger partial charge in [-0.25, -0.2) is 14.4 Å². The Morgan fingerprint density at radius 3 is 2.25 bits per heavy atom. The third-order valence-corrected chi connectivity index (χ3v) is 13.7. The van der Waals surface area contributed by atoms with Crippen molar-refractivity contribution in [1.29, 1.82) is 0 Å². The standard InChI is InChI=1S/C46H53FN14S2/c1-8-15-46(48,17-27(2)54-37-13-11-36(55-57-37)33-16-34(47)39(28-20-51-52-21-28)41-43(33)63-26-50-41)24-61(30-18-44(3,4)59-45(5,6)19-30)38-14-12-35(56-58-38)32-10-9-31(29-22-53-60(7)23-29)40-42(32)62-25-49-40/h9-14,16,20-23,25-27,30,59H,8,15,17-19,24,48H2,1-7H3,(H,51,52)(H,54,57)/t27-,46+/m1/s1. The minimum atomic E-state index is -0.586. The molecule has 14 nitrogen and oxygen atoms in total. The van der Waals surface area contributed by atoms with Gasteiger partial charge < -0.3 is 21.3 Å². The van der Waals surface area contributed by atoms with Crippen molar-refractivity contribution < 1.29 is 4.39 Å². The van der Waals surface area contributed by atoms with Crippen molar-refractivity contribution >= 4 is 54.7 Å². The van der Waals surface area contributed by atoms with Crippen molar-refractivity contribution in [2.24, 2.45) is 12.8 Å². The fourth-order valence-corrected chi connectivity index (χ4v) is 11.5. The first-order valence-corrected chi connectivity index (χ1v) is 23.1. The highest BCUT2D eigenvalue weighted by Crippen LogP contribution is 2.40. The number of piperidine rings is 1. The average molecular weight is 885 g/mol. The number of rotatable bonds is 14. The fourth-order valence-electron chi connectivity index (χ4n) is 9.85. The summed E-state index contributed by atoms with van der Waals surface area (Å²) in [6.45, 7) is 14.0. The van der Waals surface area contributed by atoms with E-state index in [1.54, 1.807) is 33.9 Å². The minimum absolute atomic E-state index is 0.0470. The van der Waals surface area contributed by atoms with Gasteiger partial charge in [0.2, 0.25) is 0 Å². The predicted octanol–water partition coefficient (Wildman–Crippen LogP) is 9.25. The van der Waals surface area contributed by atoms with Gasteiger partial charge in [0, 0.05) is 88.1 Å². The van der Waals surface area contributed by atoms with Gasteiger partial charge in [0.15, 0.2) is 5.82 Å². The topological polar surface area (TPSA) is 177 Å². The van der Waals surface area contributed by atoms with Gasteiger partial charge in [-0.3, -0.25) is 9.78 Å². The van der Waals surface area contributed by atoms with Gasteiger partial charge in [0.25, 0.3) is 0 Å². The number of nitrogens with zero attached hydrogens (tertiary/aromatic N) is 10. The van der Waals surface area contributed by atoms with Gasteiger partial charge in [0.05, 0.1) is 55.2 Å². The summed E-state index contributed by atoms with van der Waals surface area (Å²) < 4.78 is 19.3. The summed E-state index contributed by atoms with van der Waals surface area (Å²) in [7, 11) is 1.92. The van der Waals surface area contributed by atoms with Gasteiger partial charge in [-0.2, -0.15) is 10.2 Å². The number of aromatic amines is 1. The smallest absolute Gasteiger partial charge is 0.151 e. The summed E-state index contributed by atoms with van der Waals surface area (Å²) in [4.78, 5) is 11.7. The molecular weight excluding hydrogens is 832 g/mol. The normalized spacial score (nSPS) is 16.7. The molecule has 7 heterocycles. The highest BCUT2D eigenvalue weighted by molar-refractivity contribution is 7.17. The Morgan fingerprint density at radius 1 is 0.905 bits per heavy atom. The van der Waals surface area contributed by atoms with Crippen molar-refractivity contribution in [2.75, 3.05) is 16.8 Å². The van der Waals surface area contributed by atoms with E-state index < -0.39 is 11.4 Å². The molecule has 0 radical (unpaired) electrons. The number of hydrogen-bond donors (Lipinski definition) is 4. The number of aromatic nitrogens is 10. The molecule has 326 valence electrons. The zero-order valence-corrected chi connectivity index (χ0v) is 38.3. The lowest BCUT2D eigenvalue weighted by Crippen LogP contribution is -2.64. The molecule has 6 aromatic heterocycles. The van der Waals surface area contributed by atoms with E-state index in [9.17, 15) is 0 Å². The molecule has 9 rings (SSSR count). The molecule has 2 aromatic carbocycles. The van der Waals surface area contributed by atoms with Crippen molar-refractivity contribution in [2.45, 2.75) is 102 Å². The van der Waals surface area contributed by atoms with Gasteiger partial charge in [-0.1, -0.05) is 25.5 Å². The third-order valence-electron chi connectivity index (χ3n) is 12.0. The van der Waals surface area contributed by atoms with Gasteiger partial charge in [0.1, 0.15) is 11.6 Å². The number of benzene rings is 2. The van der Waals surface area contributed by atoms with E-state index in [0.29, 0.717) is 46.7 Å². The van der Waals surface area contributed by atoms with Crippen LogP contribution in [0.25, 0.3) is 65.2 Å². The number of hydrogen-bond acceptors (Lipinski definition) is 14. The lowest BCUT2D eigenvalue weighted by molar-refractivity contribution is 0.154. The molecule has 1 aliphatic heterocycles. The highest BCUT2D eigenvalue weighted by atomic mass is 32.1. The Bertz CT molecular complexity index is 2830. The largest absolute Gasteiger partial charge is 0.366 e. The lowest BCUT2D eigenvalue weighted by Gasteiger charge is -2.51. The summed E-state index contributed by atoms with van der Waals surface area (Å²) in [5, 5.41) is 37.5. The van der Waals surface area contributed by atoms with Crippen molar-refractivity contribution in [3.63, 3.8) is 0 Å². The minimum Gasteiger partial charge on any atom is -0.366 e. The first-order valence-electron chi connectivity index (χ1n) is 21.4. The fraction of sp³-hybridized carbons (Fsp3) is 0.391. The third kappa shape index (κ3) is 8.79. The van der Waals surface area contributed by atoms with Crippen LogP contribution in [0.4, 0.5) is 16.0 Å². The Labute approximate surface area is 374 Å².